The van der Waals surface area contributed by atoms with E-state index in [0.717, 1.165) is 12.8 Å². The van der Waals surface area contributed by atoms with Crippen LogP contribution in [0.1, 0.15) is 25.3 Å². The summed E-state index contributed by atoms with van der Waals surface area (Å²) >= 11 is 0. The van der Waals surface area contributed by atoms with Crippen LogP contribution in [0.15, 0.2) is 24.3 Å². The van der Waals surface area contributed by atoms with Gasteiger partial charge in [-0.25, -0.2) is 4.79 Å². The van der Waals surface area contributed by atoms with E-state index in [2.05, 4.69) is 5.32 Å². The summed E-state index contributed by atoms with van der Waals surface area (Å²) in [4.78, 5) is 36.1. The highest BCUT2D eigenvalue weighted by atomic mass is 16.6. The van der Waals surface area contributed by atoms with Crippen molar-refractivity contribution in [3.8, 4) is 0 Å². The Kier molecular flexibility index (Phi) is 6.11. The van der Waals surface area contributed by atoms with Crippen molar-refractivity contribution in [2.45, 2.75) is 32.2 Å². The monoisotopic (exact) mass is 335 g/mol. The Morgan fingerprint density at radius 3 is 2.88 bits per heavy atom. The van der Waals surface area contributed by atoms with E-state index in [1.165, 1.54) is 6.07 Å². The summed E-state index contributed by atoms with van der Waals surface area (Å²) in [6.07, 6.45) is 1.02. The van der Waals surface area contributed by atoms with Crippen molar-refractivity contribution < 1.29 is 19.2 Å². The number of alkyl carbamates (subject to hydrolysis) is 1. The second-order valence-electron chi connectivity index (χ2n) is 5.61. The second-order valence-corrected chi connectivity index (χ2v) is 5.61. The lowest BCUT2D eigenvalue weighted by Crippen LogP contribution is -2.50. The van der Waals surface area contributed by atoms with Crippen molar-refractivity contribution >= 4 is 17.7 Å². The van der Waals surface area contributed by atoms with Gasteiger partial charge in [0.15, 0.2) is 0 Å². The number of carbonyl (C=O) groups is 2. The van der Waals surface area contributed by atoms with Gasteiger partial charge in [-0.2, -0.15) is 0 Å². The van der Waals surface area contributed by atoms with Gasteiger partial charge >= 0.3 is 6.09 Å². The molecule has 0 aromatic heterocycles. The highest BCUT2D eigenvalue weighted by Crippen LogP contribution is 2.20. The maximum absolute atomic E-state index is 12.5. The molecule has 0 unspecified atom stereocenters. The number of rotatable bonds is 5. The first-order chi connectivity index (χ1) is 11.5. The van der Waals surface area contributed by atoms with Crippen molar-refractivity contribution in [3.63, 3.8) is 0 Å². The molecule has 0 bridgehead atoms. The maximum Gasteiger partial charge on any atom is 0.407 e. The molecule has 24 heavy (non-hydrogen) atoms. The van der Waals surface area contributed by atoms with Crippen molar-refractivity contribution in [1.29, 1.82) is 0 Å². The molecular formula is C16H21N3O5. The Balaban J connectivity index is 1.97. The zero-order chi connectivity index (χ0) is 17.5. The molecule has 1 aliphatic rings. The zero-order valence-corrected chi connectivity index (χ0v) is 13.6. The summed E-state index contributed by atoms with van der Waals surface area (Å²) in [6.45, 7) is 2.99. The Hall–Kier alpha value is -2.64. The number of amides is 2. The van der Waals surface area contributed by atoms with Crippen LogP contribution in [0.3, 0.4) is 0 Å². The van der Waals surface area contributed by atoms with Crippen molar-refractivity contribution in [2.75, 3.05) is 19.7 Å². The van der Waals surface area contributed by atoms with Gasteiger partial charge < -0.3 is 15.0 Å². The molecule has 1 aliphatic heterocycles. The predicted octanol–water partition coefficient (Wildman–Crippen LogP) is 1.87. The average Bonchev–Trinajstić information content (AvgIpc) is 2.55. The summed E-state index contributed by atoms with van der Waals surface area (Å²) in [6, 6.07) is 6.08. The van der Waals surface area contributed by atoms with Crippen LogP contribution in [-0.4, -0.2) is 47.6 Å². The van der Waals surface area contributed by atoms with Crippen LogP contribution in [0.25, 0.3) is 0 Å². The van der Waals surface area contributed by atoms with Crippen LogP contribution in [0.5, 0.6) is 0 Å². The van der Waals surface area contributed by atoms with Crippen LogP contribution in [0.2, 0.25) is 0 Å². The van der Waals surface area contributed by atoms with Crippen LogP contribution < -0.4 is 5.32 Å². The molecule has 8 nitrogen and oxygen atoms in total. The molecule has 1 atom stereocenters. The van der Waals surface area contributed by atoms with Crippen LogP contribution in [-0.2, 0) is 16.0 Å². The number of hydrogen-bond donors (Lipinski definition) is 1. The number of para-hydroxylation sites is 1. The van der Waals surface area contributed by atoms with E-state index in [1.54, 1.807) is 30.0 Å². The molecule has 1 aromatic rings. The SMILES string of the molecule is CCOC(=O)N[C@H]1CCCN(C(=O)Cc2ccccc2[N+](=O)[O-])C1. The van der Waals surface area contributed by atoms with Gasteiger partial charge in [0.2, 0.25) is 5.91 Å². The molecule has 2 rings (SSSR count). The summed E-state index contributed by atoms with van der Waals surface area (Å²) in [5.41, 5.74) is 0.344. The van der Waals surface area contributed by atoms with Gasteiger partial charge in [0.25, 0.3) is 5.69 Å². The topological polar surface area (TPSA) is 102 Å². The van der Waals surface area contributed by atoms with Crippen molar-refractivity contribution in [2.24, 2.45) is 0 Å². The average molecular weight is 335 g/mol. The number of ether oxygens (including phenoxy) is 1. The largest absolute Gasteiger partial charge is 0.450 e. The number of likely N-dealkylation sites (tertiary alicyclic amines) is 1. The fourth-order valence-electron chi connectivity index (χ4n) is 2.77. The molecule has 1 fully saturated rings. The molecule has 0 radical (unpaired) electrons. The summed E-state index contributed by atoms with van der Waals surface area (Å²) in [7, 11) is 0. The third-order valence-corrected chi connectivity index (χ3v) is 3.90. The number of benzene rings is 1. The minimum Gasteiger partial charge on any atom is -0.450 e. The van der Waals surface area contributed by atoms with Gasteiger partial charge in [-0.3, -0.25) is 14.9 Å². The van der Waals surface area contributed by atoms with Gasteiger partial charge in [-0.15, -0.1) is 0 Å². The first-order valence-electron chi connectivity index (χ1n) is 7.94. The lowest BCUT2D eigenvalue weighted by Gasteiger charge is -2.33. The van der Waals surface area contributed by atoms with Crippen molar-refractivity contribution in [1.82, 2.24) is 10.2 Å². The molecule has 8 heteroatoms. The van der Waals surface area contributed by atoms with Crippen molar-refractivity contribution in [3.05, 3.63) is 39.9 Å². The Bertz CT molecular complexity index is 619. The van der Waals surface area contributed by atoms with Gasteiger partial charge in [0.1, 0.15) is 0 Å². The normalized spacial score (nSPS) is 17.2. The molecule has 0 saturated carbocycles. The summed E-state index contributed by atoms with van der Waals surface area (Å²) in [5.74, 6) is -0.181. The first kappa shape index (κ1) is 17.7. The molecular weight excluding hydrogens is 314 g/mol. The number of piperidine rings is 1. The minimum absolute atomic E-state index is 0.0245. The zero-order valence-electron chi connectivity index (χ0n) is 13.6. The fourth-order valence-corrected chi connectivity index (χ4v) is 2.77. The Morgan fingerprint density at radius 1 is 1.42 bits per heavy atom. The van der Waals surface area contributed by atoms with Gasteiger partial charge in [-0.1, -0.05) is 18.2 Å². The Labute approximate surface area is 139 Å². The summed E-state index contributed by atoms with van der Waals surface area (Å²) < 4.78 is 4.85. The molecule has 130 valence electrons. The van der Waals surface area contributed by atoms with E-state index in [1.807, 2.05) is 0 Å². The number of hydrogen-bond acceptors (Lipinski definition) is 5. The van der Waals surface area contributed by atoms with Gasteiger partial charge in [0, 0.05) is 30.8 Å². The number of nitrogens with zero attached hydrogens (tertiary/aromatic N) is 2. The van der Waals surface area contributed by atoms with Crippen LogP contribution in [0, 0.1) is 10.1 Å². The molecule has 1 heterocycles. The second kappa shape index (κ2) is 8.28. The smallest absolute Gasteiger partial charge is 0.407 e. The number of nitro groups is 1. The van der Waals surface area contributed by atoms with Gasteiger partial charge in [-0.05, 0) is 19.8 Å². The molecule has 2 amide bonds. The quantitative estimate of drug-likeness (QED) is 0.654. The maximum atomic E-state index is 12.5. The lowest BCUT2D eigenvalue weighted by molar-refractivity contribution is -0.385. The highest BCUT2D eigenvalue weighted by Gasteiger charge is 2.26. The van der Waals surface area contributed by atoms with E-state index in [0.29, 0.717) is 25.3 Å². The Morgan fingerprint density at radius 2 is 2.17 bits per heavy atom. The third kappa shape index (κ3) is 4.68. The minimum atomic E-state index is -0.490. The van der Waals surface area contributed by atoms with Crippen LogP contribution in [0.4, 0.5) is 10.5 Å². The molecule has 1 aromatic carbocycles. The number of nitrogens with one attached hydrogen (secondary N) is 1. The fraction of sp³-hybridized carbons (Fsp3) is 0.500. The lowest BCUT2D eigenvalue weighted by atomic mass is 10.0. The van der Waals surface area contributed by atoms with E-state index in [-0.39, 0.29) is 24.1 Å². The highest BCUT2D eigenvalue weighted by molar-refractivity contribution is 5.80. The molecule has 0 spiro atoms. The number of carbonyl (C=O) groups excluding carboxylic acids is 2. The van der Waals surface area contributed by atoms with E-state index in [4.69, 9.17) is 4.74 Å². The van der Waals surface area contributed by atoms with E-state index < -0.39 is 11.0 Å². The summed E-state index contributed by atoms with van der Waals surface area (Å²) in [5, 5.41) is 13.8. The first-order valence-corrected chi connectivity index (χ1v) is 7.94. The molecule has 0 aliphatic carbocycles. The molecule has 1 N–H and O–H groups in total. The van der Waals surface area contributed by atoms with Gasteiger partial charge in [0.05, 0.1) is 18.0 Å². The number of nitro benzene ring substituents is 1. The predicted molar refractivity (Wildman–Crippen MR) is 86.6 cm³/mol. The third-order valence-electron chi connectivity index (χ3n) is 3.90. The standard InChI is InChI=1S/C16H21N3O5/c1-2-24-16(21)17-13-7-5-9-18(11-13)15(20)10-12-6-3-4-8-14(12)19(22)23/h3-4,6,8,13H,2,5,7,9-11H2,1H3,(H,17,21)/t13-/m0/s1. The van der Waals surface area contributed by atoms with E-state index in [9.17, 15) is 19.7 Å². The molecule has 1 saturated heterocycles. The van der Waals surface area contributed by atoms with E-state index >= 15 is 0 Å². The van der Waals surface area contributed by atoms with Crippen LogP contribution >= 0.6 is 0 Å².